The van der Waals surface area contributed by atoms with Gasteiger partial charge < -0.3 is 10.6 Å². The van der Waals surface area contributed by atoms with Gasteiger partial charge >= 0.3 is 0 Å². The average molecular weight is 246 g/mol. The molecule has 1 aliphatic rings. The molecular weight excluding hydrogens is 228 g/mol. The van der Waals surface area contributed by atoms with Gasteiger partial charge in [0.15, 0.2) is 5.65 Å². The van der Waals surface area contributed by atoms with Crippen molar-refractivity contribution >= 4 is 22.8 Å². The largest absolute Gasteiger partial charge is 0.368 e. The van der Waals surface area contributed by atoms with E-state index in [-0.39, 0.29) is 0 Å². The van der Waals surface area contributed by atoms with Gasteiger partial charge in [0.25, 0.3) is 0 Å². The highest BCUT2D eigenvalue weighted by Gasteiger charge is 2.22. The molecular formula is C12H18N6. The molecule has 2 aromatic rings. The van der Waals surface area contributed by atoms with Gasteiger partial charge in [-0.3, -0.25) is 5.10 Å². The SMILES string of the molecule is CCC1CCCN(c2nc(N)nc3[nH]ncc23)C1. The van der Waals surface area contributed by atoms with Crippen LogP contribution in [0.15, 0.2) is 6.20 Å². The van der Waals surface area contributed by atoms with E-state index in [1.807, 2.05) is 0 Å². The molecule has 0 aromatic carbocycles. The molecule has 96 valence electrons. The van der Waals surface area contributed by atoms with Crippen molar-refractivity contribution < 1.29 is 0 Å². The van der Waals surface area contributed by atoms with E-state index < -0.39 is 0 Å². The van der Waals surface area contributed by atoms with Crippen molar-refractivity contribution in [3.05, 3.63) is 6.20 Å². The number of hydrogen-bond acceptors (Lipinski definition) is 5. The second kappa shape index (κ2) is 4.44. The molecule has 0 saturated carbocycles. The molecule has 0 aliphatic carbocycles. The van der Waals surface area contributed by atoms with Crippen molar-refractivity contribution in [2.75, 3.05) is 23.7 Å². The van der Waals surface area contributed by atoms with E-state index in [1.54, 1.807) is 6.20 Å². The van der Waals surface area contributed by atoms with E-state index in [4.69, 9.17) is 5.73 Å². The number of anilines is 2. The van der Waals surface area contributed by atoms with Crippen LogP contribution in [0.5, 0.6) is 0 Å². The van der Waals surface area contributed by atoms with Gasteiger partial charge in [0.1, 0.15) is 5.82 Å². The lowest BCUT2D eigenvalue weighted by molar-refractivity contribution is 0.403. The first-order valence-corrected chi connectivity index (χ1v) is 6.49. The van der Waals surface area contributed by atoms with Crippen LogP contribution in [-0.4, -0.2) is 33.3 Å². The summed E-state index contributed by atoms with van der Waals surface area (Å²) in [5, 5.41) is 7.84. The Morgan fingerprint density at radius 1 is 1.50 bits per heavy atom. The lowest BCUT2D eigenvalue weighted by Gasteiger charge is -2.33. The maximum Gasteiger partial charge on any atom is 0.224 e. The van der Waals surface area contributed by atoms with E-state index in [0.29, 0.717) is 5.95 Å². The molecule has 0 amide bonds. The molecule has 1 atom stereocenters. The normalized spacial score (nSPS) is 20.5. The molecule has 6 nitrogen and oxygen atoms in total. The monoisotopic (exact) mass is 246 g/mol. The molecule has 0 bridgehead atoms. The Bertz CT molecular complexity index is 548. The number of H-pyrrole nitrogens is 1. The van der Waals surface area contributed by atoms with Gasteiger partial charge in [0, 0.05) is 13.1 Å². The Hall–Kier alpha value is -1.85. The Kier molecular flexibility index (Phi) is 2.77. The summed E-state index contributed by atoms with van der Waals surface area (Å²) in [5.41, 5.74) is 6.48. The van der Waals surface area contributed by atoms with E-state index in [2.05, 4.69) is 32.0 Å². The first-order chi connectivity index (χ1) is 8.78. The maximum atomic E-state index is 5.76. The number of aromatic nitrogens is 4. The number of nitrogens with one attached hydrogen (secondary N) is 1. The Morgan fingerprint density at radius 2 is 2.39 bits per heavy atom. The molecule has 1 unspecified atom stereocenters. The minimum Gasteiger partial charge on any atom is -0.368 e. The van der Waals surface area contributed by atoms with Gasteiger partial charge in [-0.1, -0.05) is 13.3 Å². The van der Waals surface area contributed by atoms with Crippen molar-refractivity contribution in [2.24, 2.45) is 5.92 Å². The lowest BCUT2D eigenvalue weighted by atomic mass is 9.95. The van der Waals surface area contributed by atoms with E-state index in [0.717, 1.165) is 35.9 Å². The number of piperidine rings is 1. The molecule has 1 fully saturated rings. The van der Waals surface area contributed by atoms with E-state index in [1.165, 1.54) is 19.3 Å². The van der Waals surface area contributed by atoms with E-state index in [9.17, 15) is 0 Å². The Labute approximate surface area is 106 Å². The number of nitrogen functional groups attached to an aromatic ring is 1. The van der Waals surface area contributed by atoms with Crippen molar-refractivity contribution in [1.82, 2.24) is 20.2 Å². The third kappa shape index (κ3) is 1.87. The smallest absolute Gasteiger partial charge is 0.224 e. The quantitative estimate of drug-likeness (QED) is 0.840. The number of aromatic amines is 1. The fraction of sp³-hybridized carbons (Fsp3) is 0.583. The summed E-state index contributed by atoms with van der Waals surface area (Å²) in [6.07, 6.45) is 5.51. The van der Waals surface area contributed by atoms with Gasteiger partial charge in [-0.2, -0.15) is 15.1 Å². The van der Waals surface area contributed by atoms with Crippen LogP contribution in [0.3, 0.4) is 0 Å². The highest BCUT2D eigenvalue weighted by molar-refractivity contribution is 5.87. The third-order valence-electron chi connectivity index (χ3n) is 3.70. The molecule has 6 heteroatoms. The van der Waals surface area contributed by atoms with Gasteiger partial charge in [-0.05, 0) is 18.8 Å². The number of fused-ring (bicyclic) bond motifs is 1. The van der Waals surface area contributed by atoms with Crippen LogP contribution in [0.4, 0.5) is 11.8 Å². The topological polar surface area (TPSA) is 83.7 Å². The van der Waals surface area contributed by atoms with Crippen LogP contribution in [0.2, 0.25) is 0 Å². The first kappa shape index (κ1) is 11.3. The number of nitrogens with zero attached hydrogens (tertiary/aromatic N) is 4. The standard InChI is InChI=1S/C12H18N6/c1-2-8-4-3-5-18(7-8)11-9-6-14-17-10(9)15-12(13)16-11/h6,8H,2-5,7H2,1H3,(H3,13,14,15,16,17). The predicted molar refractivity (Wildman–Crippen MR) is 71.3 cm³/mol. The zero-order chi connectivity index (χ0) is 12.5. The first-order valence-electron chi connectivity index (χ1n) is 6.49. The zero-order valence-electron chi connectivity index (χ0n) is 10.6. The van der Waals surface area contributed by atoms with Crippen LogP contribution < -0.4 is 10.6 Å². The van der Waals surface area contributed by atoms with Crippen LogP contribution in [-0.2, 0) is 0 Å². The van der Waals surface area contributed by atoms with Crippen molar-refractivity contribution in [3.63, 3.8) is 0 Å². The van der Waals surface area contributed by atoms with Crippen LogP contribution in [0.25, 0.3) is 11.0 Å². The summed E-state index contributed by atoms with van der Waals surface area (Å²) in [5.74, 6) is 1.97. The molecule has 0 radical (unpaired) electrons. The molecule has 1 aliphatic heterocycles. The highest BCUT2D eigenvalue weighted by atomic mass is 15.2. The maximum absolute atomic E-state index is 5.76. The molecule has 3 heterocycles. The zero-order valence-corrected chi connectivity index (χ0v) is 10.6. The minimum atomic E-state index is 0.306. The summed E-state index contributed by atoms with van der Waals surface area (Å²) in [4.78, 5) is 10.9. The minimum absolute atomic E-state index is 0.306. The molecule has 3 N–H and O–H groups in total. The van der Waals surface area contributed by atoms with Crippen LogP contribution >= 0.6 is 0 Å². The second-order valence-corrected chi connectivity index (χ2v) is 4.90. The summed E-state index contributed by atoms with van der Waals surface area (Å²) >= 11 is 0. The van der Waals surface area contributed by atoms with Crippen molar-refractivity contribution in [3.8, 4) is 0 Å². The van der Waals surface area contributed by atoms with Crippen LogP contribution in [0.1, 0.15) is 26.2 Å². The molecule has 3 rings (SSSR count). The van der Waals surface area contributed by atoms with Crippen molar-refractivity contribution in [2.45, 2.75) is 26.2 Å². The Morgan fingerprint density at radius 3 is 3.22 bits per heavy atom. The molecule has 2 aromatic heterocycles. The van der Waals surface area contributed by atoms with Gasteiger partial charge in [-0.25, -0.2) is 0 Å². The summed E-state index contributed by atoms with van der Waals surface area (Å²) in [6.45, 7) is 4.33. The number of rotatable bonds is 2. The summed E-state index contributed by atoms with van der Waals surface area (Å²) in [7, 11) is 0. The molecule has 18 heavy (non-hydrogen) atoms. The lowest BCUT2D eigenvalue weighted by Crippen LogP contribution is -2.36. The van der Waals surface area contributed by atoms with Crippen molar-refractivity contribution in [1.29, 1.82) is 0 Å². The second-order valence-electron chi connectivity index (χ2n) is 4.90. The predicted octanol–water partition coefficient (Wildman–Crippen LogP) is 1.56. The van der Waals surface area contributed by atoms with Gasteiger partial charge in [0.2, 0.25) is 5.95 Å². The summed E-state index contributed by atoms with van der Waals surface area (Å²) in [6, 6.07) is 0. The molecule has 0 spiro atoms. The average Bonchev–Trinajstić information content (AvgIpc) is 2.85. The highest BCUT2D eigenvalue weighted by Crippen LogP contribution is 2.28. The fourth-order valence-electron chi connectivity index (χ4n) is 2.67. The van der Waals surface area contributed by atoms with Gasteiger partial charge in [-0.15, -0.1) is 0 Å². The van der Waals surface area contributed by atoms with E-state index >= 15 is 0 Å². The number of nitrogens with two attached hydrogens (primary N) is 1. The fourth-order valence-corrected chi connectivity index (χ4v) is 2.67. The summed E-state index contributed by atoms with van der Waals surface area (Å²) < 4.78 is 0. The Balaban J connectivity index is 2.00. The third-order valence-corrected chi connectivity index (χ3v) is 3.70. The van der Waals surface area contributed by atoms with Crippen LogP contribution in [0, 0.1) is 5.92 Å². The number of hydrogen-bond donors (Lipinski definition) is 2. The molecule has 1 saturated heterocycles. The van der Waals surface area contributed by atoms with Gasteiger partial charge in [0.05, 0.1) is 11.6 Å².